The number of nitrogens with zero attached hydrogens (tertiary/aromatic N) is 8. The normalized spacial score (nSPS) is 21.6. The third-order valence-electron chi connectivity index (χ3n) is 7.61. The van der Waals surface area contributed by atoms with Crippen molar-refractivity contribution in [3.8, 4) is 0 Å². The van der Waals surface area contributed by atoms with Crippen molar-refractivity contribution in [3.63, 3.8) is 0 Å². The second-order valence-electron chi connectivity index (χ2n) is 9.92. The molecule has 4 aliphatic heterocycles. The van der Waals surface area contributed by atoms with Gasteiger partial charge in [-0.05, 0) is 34.2 Å². The third kappa shape index (κ3) is 3.86. The van der Waals surface area contributed by atoms with Gasteiger partial charge in [0.25, 0.3) is 0 Å². The van der Waals surface area contributed by atoms with Crippen molar-refractivity contribution >= 4 is 34.1 Å². The fourth-order valence-corrected chi connectivity index (χ4v) is 5.73. The molecule has 0 saturated carbocycles. The summed E-state index contributed by atoms with van der Waals surface area (Å²) in [5.41, 5.74) is 6.83. The van der Waals surface area contributed by atoms with E-state index in [4.69, 9.17) is 43.6 Å². The van der Waals surface area contributed by atoms with Crippen LogP contribution in [0.4, 0.5) is 0 Å². The van der Waals surface area contributed by atoms with Crippen LogP contribution < -0.4 is 16.0 Å². The van der Waals surface area contributed by atoms with Crippen LogP contribution in [0.2, 0.25) is 0 Å². The number of hydrogen-bond acceptors (Lipinski definition) is 7. The average molecular weight is 578 g/mol. The fourth-order valence-electron chi connectivity index (χ4n) is 5.73. The van der Waals surface area contributed by atoms with Gasteiger partial charge < -0.3 is 20.3 Å². The van der Waals surface area contributed by atoms with Gasteiger partial charge >= 0.3 is 23.7 Å². The Labute approximate surface area is 251 Å². The summed E-state index contributed by atoms with van der Waals surface area (Å²) >= 11 is 0.750. The molecular formula is C32H18N8OTi. The zero-order valence-electron chi connectivity index (χ0n) is 21.9. The largest absolute Gasteiger partial charge is 0.611 e. The minimum Gasteiger partial charge on any atom is -0.611 e. The summed E-state index contributed by atoms with van der Waals surface area (Å²) in [4.78, 5) is 34.7. The molecule has 0 spiro atoms. The summed E-state index contributed by atoms with van der Waals surface area (Å²) in [5.74, 6) is 2.35. The minimum absolute atomic E-state index is 0.445. The number of rotatable bonds is 0. The molecule has 10 heteroatoms. The molecule has 2 atom stereocenters. The van der Waals surface area contributed by atoms with E-state index in [1.165, 1.54) is 0 Å². The Bertz CT molecular complexity index is 2050. The molecule has 5 aromatic rings. The summed E-state index contributed by atoms with van der Waals surface area (Å²) in [6, 6.07) is 32.2. The van der Waals surface area contributed by atoms with Gasteiger partial charge in [-0.3, -0.25) is 9.98 Å². The quantitative estimate of drug-likeness (QED) is 0.253. The molecule has 4 aromatic carbocycles. The number of aromatic nitrogens is 1. The molecule has 0 fully saturated rings. The molecule has 9 rings (SSSR count). The van der Waals surface area contributed by atoms with Crippen LogP contribution in [0.1, 0.15) is 45.7 Å². The Morgan fingerprint density at radius 2 is 0.857 bits per heavy atom. The topological polar surface area (TPSA) is 119 Å². The van der Waals surface area contributed by atoms with E-state index in [9.17, 15) is 0 Å². The first-order chi connectivity index (χ1) is 20.8. The smallest absolute Gasteiger partial charge is 0.155 e. The first-order valence-corrected chi connectivity index (χ1v) is 13.9. The van der Waals surface area contributed by atoms with Crippen LogP contribution in [0.15, 0.2) is 127 Å². The van der Waals surface area contributed by atoms with E-state index in [2.05, 4.69) is 12.1 Å². The van der Waals surface area contributed by atoms with E-state index in [0.717, 1.165) is 64.6 Å². The van der Waals surface area contributed by atoms with Crippen LogP contribution in [0, 0.1) is 0 Å². The maximum absolute atomic E-state index is 8.25. The summed E-state index contributed by atoms with van der Waals surface area (Å²) < 4.78 is 8.25. The molecule has 0 N–H and O–H groups in total. The minimum atomic E-state index is -0.445. The Balaban J connectivity index is 0.00000131. The Morgan fingerprint density at radius 1 is 0.476 bits per heavy atom. The average Bonchev–Trinajstić information content (AvgIpc) is 3.78. The predicted molar refractivity (Wildman–Crippen MR) is 155 cm³/mol. The van der Waals surface area contributed by atoms with Gasteiger partial charge in [0.05, 0.1) is 11.7 Å². The predicted octanol–water partition coefficient (Wildman–Crippen LogP) is 4.43. The molecule has 42 heavy (non-hydrogen) atoms. The Kier molecular flexibility index (Phi) is 5.89. The van der Waals surface area contributed by atoms with Crippen LogP contribution >= 0.6 is 0 Å². The first kappa shape index (κ1) is 24.9. The van der Waals surface area contributed by atoms with Crippen molar-refractivity contribution in [2.45, 2.75) is 12.3 Å². The fraction of sp³-hybridized carbons (Fsp3) is 0.0625. The van der Waals surface area contributed by atoms with Gasteiger partial charge in [0.15, 0.2) is 11.7 Å². The molecule has 0 amide bonds. The van der Waals surface area contributed by atoms with Gasteiger partial charge in [-0.1, -0.05) is 97.1 Å². The molecule has 9 nitrogen and oxygen atoms in total. The zero-order valence-corrected chi connectivity index (χ0v) is 23.4. The summed E-state index contributed by atoms with van der Waals surface area (Å²) in [7, 11) is 0. The van der Waals surface area contributed by atoms with Crippen molar-refractivity contribution in [1.29, 1.82) is 0 Å². The summed E-state index contributed by atoms with van der Waals surface area (Å²) in [5, 5.41) is 6.84. The maximum atomic E-state index is 8.25. The van der Waals surface area contributed by atoms with E-state index in [0.29, 0.717) is 34.3 Å². The van der Waals surface area contributed by atoms with Crippen molar-refractivity contribution in [2.75, 3.05) is 0 Å². The van der Waals surface area contributed by atoms with Crippen LogP contribution in [0.5, 0.6) is 0 Å². The maximum Gasteiger partial charge on any atom is 0.155 e. The standard InChI is InChI=1S/C32H18N8.O.Ti/c1-2-10-18-17(9-1)25-33-26(18)38-28-21-13-5-6-14-22(21)30(35-28)40-32-24-16-8-7-15-23(24)31(36-32)39-29-20-12-4-3-11-19(20)27(34-29)37-25;;/h1-16,25-26H;;/q-2;;+2. The van der Waals surface area contributed by atoms with Gasteiger partial charge in [-0.25, -0.2) is 9.98 Å². The summed E-state index contributed by atoms with van der Waals surface area (Å²) in [6.45, 7) is 0. The third-order valence-corrected chi connectivity index (χ3v) is 7.61. The second-order valence-corrected chi connectivity index (χ2v) is 9.92. The zero-order chi connectivity index (χ0) is 28.2. The second kappa shape index (κ2) is 9.92. The van der Waals surface area contributed by atoms with Crippen molar-refractivity contribution in [2.24, 2.45) is 30.0 Å². The molecular weight excluding hydrogens is 560 g/mol. The van der Waals surface area contributed by atoms with Crippen molar-refractivity contribution in [1.82, 2.24) is 4.98 Å². The van der Waals surface area contributed by atoms with E-state index >= 15 is 0 Å². The number of amidine groups is 4. The molecule has 2 unspecified atom stereocenters. The molecule has 0 saturated heterocycles. The number of aliphatic imine (C=N–C) groups is 4. The molecule has 4 aliphatic rings. The number of fused-ring (bicyclic) bond motifs is 18. The molecule has 0 radical (unpaired) electrons. The molecule has 0 aliphatic carbocycles. The van der Waals surface area contributed by atoms with E-state index in [-0.39, 0.29) is 0 Å². The molecule has 8 bridgehead atoms. The van der Waals surface area contributed by atoms with E-state index < -0.39 is 12.3 Å². The molecule has 196 valence electrons. The van der Waals surface area contributed by atoms with Gasteiger partial charge in [-0.15, -0.1) is 0 Å². The molecule has 1 aromatic heterocycles. The van der Waals surface area contributed by atoms with Crippen molar-refractivity contribution < 1.29 is 23.7 Å². The Hall–Kier alpha value is -4.83. The number of hydrogen-bond donors (Lipinski definition) is 0. The molecule has 5 heterocycles. The van der Waals surface area contributed by atoms with Crippen molar-refractivity contribution in [3.05, 3.63) is 147 Å². The van der Waals surface area contributed by atoms with Crippen LogP contribution in [-0.2, 0) is 23.7 Å². The first-order valence-electron chi connectivity index (χ1n) is 13.3. The van der Waals surface area contributed by atoms with Gasteiger partial charge in [0.1, 0.15) is 0 Å². The van der Waals surface area contributed by atoms with Crippen LogP contribution in [0.25, 0.3) is 16.1 Å². The summed E-state index contributed by atoms with van der Waals surface area (Å²) in [6.07, 6.45) is -0.891. The monoisotopic (exact) mass is 578 g/mol. The van der Waals surface area contributed by atoms with Gasteiger partial charge in [0, 0.05) is 33.2 Å². The van der Waals surface area contributed by atoms with Gasteiger partial charge in [0.2, 0.25) is 0 Å². The van der Waals surface area contributed by atoms with E-state index in [1.54, 1.807) is 0 Å². The van der Waals surface area contributed by atoms with Gasteiger partial charge in [-0.2, -0.15) is 0 Å². The number of benzene rings is 4. The SMILES string of the molecule is [O]=[Ti+2].c1ccc2c(c1)C1=N/C2=N\C2[N-]C(/N=C3\N=C(N=c4[n-]c(c5ccccc45)=N1)c1ccccc13)c1ccccc12. The van der Waals surface area contributed by atoms with E-state index in [1.807, 2.05) is 84.9 Å². The van der Waals surface area contributed by atoms with Crippen LogP contribution in [-0.4, -0.2) is 23.3 Å². The van der Waals surface area contributed by atoms with Crippen LogP contribution in [0.3, 0.4) is 0 Å². The Morgan fingerprint density at radius 3 is 1.31 bits per heavy atom.